The zero-order chi connectivity index (χ0) is 10.1. The van der Waals surface area contributed by atoms with Gasteiger partial charge in [-0.3, -0.25) is 4.68 Å². The van der Waals surface area contributed by atoms with Crippen molar-refractivity contribution >= 4 is 0 Å². The summed E-state index contributed by atoms with van der Waals surface area (Å²) in [5.74, 6) is 0. The van der Waals surface area contributed by atoms with Crippen LogP contribution in [0.1, 0.15) is 18.2 Å². The minimum Gasteiger partial charge on any atom is -0.372 e. The first-order chi connectivity index (χ1) is 6.03. The molecule has 0 aliphatic rings. The molecule has 74 valence electrons. The second kappa shape index (κ2) is 3.47. The summed E-state index contributed by atoms with van der Waals surface area (Å²) in [6, 6.07) is 0. The van der Waals surface area contributed by atoms with Gasteiger partial charge in [0.05, 0.1) is 5.69 Å². The van der Waals surface area contributed by atoms with E-state index in [1.54, 1.807) is 11.8 Å². The molecule has 1 unspecified atom stereocenters. The van der Waals surface area contributed by atoms with E-state index < -0.39 is 5.60 Å². The molecule has 0 aliphatic carbocycles. The molecule has 0 saturated heterocycles. The second-order valence-corrected chi connectivity index (χ2v) is 3.44. The maximum absolute atomic E-state index is 5.67. The predicted molar refractivity (Wildman–Crippen MR) is 51.4 cm³/mol. The summed E-state index contributed by atoms with van der Waals surface area (Å²) in [4.78, 5) is 0. The van der Waals surface area contributed by atoms with Crippen LogP contribution in [-0.2, 0) is 17.4 Å². The number of nitrogens with two attached hydrogens (primary N) is 1. The first kappa shape index (κ1) is 10.2. The van der Waals surface area contributed by atoms with Gasteiger partial charge >= 0.3 is 0 Å². The van der Waals surface area contributed by atoms with Crippen molar-refractivity contribution in [1.29, 1.82) is 0 Å². The fourth-order valence-corrected chi connectivity index (χ4v) is 1.42. The van der Waals surface area contributed by atoms with Crippen LogP contribution in [0.15, 0.2) is 6.20 Å². The lowest BCUT2D eigenvalue weighted by Crippen LogP contribution is -2.34. The molecular formula is C9H17N3O. The van der Waals surface area contributed by atoms with Crippen LogP contribution in [0.3, 0.4) is 0 Å². The Labute approximate surface area is 78.7 Å². The Morgan fingerprint density at radius 2 is 2.31 bits per heavy atom. The van der Waals surface area contributed by atoms with Crippen molar-refractivity contribution in [3.8, 4) is 0 Å². The van der Waals surface area contributed by atoms with E-state index in [9.17, 15) is 0 Å². The minimum atomic E-state index is -0.418. The number of nitrogens with zero attached hydrogens (tertiary/aromatic N) is 2. The molecule has 1 aromatic rings. The van der Waals surface area contributed by atoms with E-state index in [0.29, 0.717) is 6.54 Å². The topological polar surface area (TPSA) is 53.1 Å². The number of methoxy groups -OCH3 is 1. The monoisotopic (exact) mass is 183 g/mol. The summed E-state index contributed by atoms with van der Waals surface area (Å²) in [5.41, 5.74) is 7.27. The fraction of sp³-hybridized carbons (Fsp3) is 0.667. The summed E-state index contributed by atoms with van der Waals surface area (Å²) in [6.07, 6.45) is 1.95. The molecule has 2 N–H and O–H groups in total. The molecule has 0 spiro atoms. The molecule has 0 bridgehead atoms. The lowest BCUT2D eigenvalue weighted by atomic mass is 9.97. The predicted octanol–water partition coefficient (Wildman–Crippen LogP) is 0.549. The Balaban J connectivity index is 3.11. The van der Waals surface area contributed by atoms with Crippen LogP contribution in [-0.4, -0.2) is 23.4 Å². The van der Waals surface area contributed by atoms with Crippen molar-refractivity contribution in [2.24, 2.45) is 12.8 Å². The van der Waals surface area contributed by atoms with Crippen molar-refractivity contribution in [2.45, 2.75) is 19.4 Å². The highest BCUT2D eigenvalue weighted by molar-refractivity contribution is 5.23. The average Bonchev–Trinajstić information content (AvgIpc) is 2.44. The van der Waals surface area contributed by atoms with Gasteiger partial charge in [0.1, 0.15) is 5.60 Å². The van der Waals surface area contributed by atoms with Gasteiger partial charge in [-0.05, 0) is 13.8 Å². The van der Waals surface area contributed by atoms with Crippen molar-refractivity contribution in [2.75, 3.05) is 13.7 Å². The lowest BCUT2D eigenvalue weighted by molar-refractivity contribution is 0.00952. The van der Waals surface area contributed by atoms with Gasteiger partial charge in [-0.1, -0.05) is 0 Å². The summed E-state index contributed by atoms with van der Waals surface area (Å²) in [6.45, 7) is 4.38. The van der Waals surface area contributed by atoms with Crippen LogP contribution in [0.2, 0.25) is 0 Å². The lowest BCUT2D eigenvalue weighted by Gasteiger charge is -2.25. The van der Waals surface area contributed by atoms with Crippen molar-refractivity contribution in [1.82, 2.24) is 9.78 Å². The Kier molecular flexibility index (Phi) is 2.73. The fourth-order valence-electron chi connectivity index (χ4n) is 1.42. The number of hydrogen-bond acceptors (Lipinski definition) is 3. The van der Waals surface area contributed by atoms with Crippen LogP contribution < -0.4 is 5.73 Å². The third-order valence-corrected chi connectivity index (χ3v) is 2.42. The van der Waals surface area contributed by atoms with Gasteiger partial charge < -0.3 is 10.5 Å². The van der Waals surface area contributed by atoms with E-state index in [-0.39, 0.29) is 0 Å². The maximum Gasteiger partial charge on any atom is 0.105 e. The normalized spacial score (nSPS) is 15.8. The van der Waals surface area contributed by atoms with Crippen LogP contribution in [0.25, 0.3) is 0 Å². The van der Waals surface area contributed by atoms with E-state index in [0.717, 1.165) is 11.3 Å². The Morgan fingerprint density at radius 3 is 2.62 bits per heavy atom. The van der Waals surface area contributed by atoms with Gasteiger partial charge in [0.2, 0.25) is 0 Å². The smallest absolute Gasteiger partial charge is 0.105 e. The molecule has 1 heterocycles. The molecule has 0 saturated carbocycles. The zero-order valence-electron chi connectivity index (χ0n) is 8.66. The van der Waals surface area contributed by atoms with E-state index in [1.165, 1.54) is 0 Å². The number of rotatable bonds is 3. The highest BCUT2D eigenvalue weighted by Crippen LogP contribution is 2.25. The van der Waals surface area contributed by atoms with Crippen LogP contribution in [0.5, 0.6) is 0 Å². The van der Waals surface area contributed by atoms with Gasteiger partial charge in [0, 0.05) is 32.5 Å². The van der Waals surface area contributed by atoms with Crippen LogP contribution >= 0.6 is 0 Å². The van der Waals surface area contributed by atoms with E-state index in [4.69, 9.17) is 10.5 Å². The number of aromatic nitrogens is 2. The number of aryl methyl sites for hydroxylation is 2. The minimum absolute atomic E-state index is 0.418. The van der Waals surface area contributed by atoms with Gasteiger partial charge in [0.15, 0.2) is 0 Å². The molecule has 0 amide bonds. The molecule has 1 rings (SSSR count). The Hall–Kier alpha value is -0.870. The van der Waals surface area contributed by atoms with Gasteiger partial charge in [-0.25, -0.2) is 0 Å². The van der Waals surface area contributed by atoms with Gasteiger partial charge in [-0.2, -0.15) is 5.10 Å². The van der Waals surface area contributed by atoms with Gasteiger partial charge in [0.25, 0.3) is 0 Å². The second-order valence-electron chi connectivity index (χ2n) is 3.44. The van der Waals surface area contributed by atoms with E-state index >= 15 is 0 Å². The average molecular weight is 183 g/mol. The Morgan fingerprint density at radius 1 is 1.69 bits per heavy atom. The summed E-state index contributed by atoms with van der Waals surface area (Å²) in [5, 5.41) is 4.25. The first-order valence-electron chi connectivity index (χ1n) is 4.29. The summed E-state index contributed by atoms with van der Waals surface area (Å²) >= 11 is 0. The van der Waals surface area contributed by atoms with E-state index in [1.807, 2.05) is 27.1 Å². The van der Waals surface area contributed by atoms with E-state index in [2.05, 4.69) is 5.10 Å². The van der Waals surface area contributed by atoms with Crippen LogP contribution in [0.4, 0.5) is 0 Å². The standard InChI is InChI=1S/C9H17N3O/c1-7-8(5-12(3)11-7)9(2,6-10)13-4/h5H,6,10H2,1-4H3. The summed E-state index contributed by atoms with van der Waals surface area (Å²) in [7, 11) is 3.56. The first-order valence-corrected chi connectivity index (χ1v) is 4.29. The summed E-state index contributed by atoms with van der Waals surface area (Å²) < 4.78 is 7.16. The quantitative estimate of drug-likeness (QED) is 0.744. The molecule has 0 fully saturated rings. The molecule has 4 heteroatoms. The molecular weight excluding hydrogens is 166 g/mol. The SMILES string of the molecule is COC(C)(CN)c1cn(C)nc1C. The molecule has 0 aromatic carbocycles. The maximum atomic E-state index is 5.67. The number of ether oxygens (including phenoxy) is 1. The molecule has 1 aromatic heterocycles. The third kappa shape index (κ3) is 1.73. The molecule has 0 aliphatic heterocycles. The zero-order valence-corrected chi connectivity index (χ0v) is 8.66. The molecule has 0 radical (unpaired) electrons. The third-order valence-electron chi connectivity index (χ3n) is 2.42. The van der Waals surface area contributed by atoms with Crippen molar-refractivity contribution < 1.29 is 4.74 Å². The highest BCUT2D eigenvalue weighted by Gasteiger charge is 2.27. The molecule has 4 nitrogen and oxygen atoms in total. The van der Waals surface area contributed by atoms with Crippen LogP contribution in [0, 0.1) is 6.92 Å². The molecule has 13 heavy (non-hydrogen) atoms. The Bertz CT molecular complexity index is 289. The van der Waals surface area contributed by atoms with Gasteiger partial charge in [-0.15, -0.1) is 0 Å². The largest absolute Gasteiger partial charge is 0.372 e. The van der Waals surface area contributed by atoms with Crippen molar-refractivity contribution in [3.05, 3.63) is 17.5 Å². The number of hydrogen-bond donors (Lipinski definition) is 1. The molecule has 1 atom stereocenters. The highest BCUT2D eigenvalue weighted by atomic mass is 16.5. The van der Waals surface area contributed by atoms with Crippen molar-refractivity contribution in [3.63, 3.8) is 0 Å².